The SMILES string of the molecule is COc1cccc(OCc2cc(C=NN)ccc2OC)c1. The van der Waals surface area contributed by atoms with E-state index in [0.717, 1.165) is 28.4 Å². The summed E-state index contributed by atoms with van der Waals surface area (Å²) < 4.78 is 16.3. The molecule has 2 aromatic rings. The maximum atomic E-state index is 5.77. The quantitative estimate of drug-likeness (QED) is 0.503. The molecular formula is C16H18N2O3. The Hall–Kier alpha value is -2.69. The van der Waals surface area contributed by atoms with Gasteiger partial charge in [0, 0.05) is 11.6 Å². The van der Waals surface area contributed by atoms with Crippen LogP contribution < -0.4 is 20.1 Å². The molecule has 0 aliphatic rings. The van der Waals surface area contributed by atoms with E-state index in [-0.39, 0.29) is 0 Å². The summed E-state index contributed by atoms with van der Waals surface area (Å²) in [7, 11) is 3.25. The molecule has 0 saturated heterocycles. The first-order chi connectivity index (χ1) is 10.3. The van der Waals surface area contributed by atoms with Gasteiger partial charge in [0.1, 0.15) is 23.9 Å². The third-order valence-electron chi connectivity index (χ3n) is 2.96. The highest BCUT2D eigenvalue weighted by Crippen LogP contribution is 2.23. The molecule has 5 heteroatoms. The van der Waals surface area contributed by atoms with Gasteiger partial charge in [-0.3, -0.25) is 0 Å². The topological polar surface area (TPSA) is 66.1 Å². The molecule has 2 rings (SSSR count). The average molecular weight is 286 g/mol. The number of nitrogens with two attached hydrogens (primary N) is 1. The van der Waals surface area contributed by atoms with Gasteiger partial charge in [0.2, 0.25) is 0 Å². The molecular weight excluding hydrogens is 268 g/mol. The minimum Gasteiger partial charge on any atom is -0.497 e. The number of hydrazone groups is 1. The standard InChI is InChI=1S/C16H18N2O3/c1-19-14-4-3-5-15(9-14)21-11-13-8-12(10-18-17)6-7-16(13)20-2/h3-10H,11,17H2,1-2H3. The van der Waals surface area contributed by atoms with E-state index in [2.05, 4.69) is 5.10 Å². The van der Waals surface area contributed by atoms with Gasteiger partial charge in [-0.15, -0.1) is 0 Å². The van der Waals surface area contributed by atoms with Crippen molar-refractivity contribution >= 4 is 6.21 Å². The molecule has 2 aromatic carbocycles. The first-order valence-electron chi connectivity index (χ1n) is 6.44. The molecule has 2 N–H and O–H groups in total. The van der Waals surface area contributed by atoms with Crippen molar-refractivity contribution in [2.45, 2.75) is 6.61 Å². The summed E-state index contributed by atoms with van der Waals surface area (Å²) in [6.07, 6.45) is 1.58. The van der Waals surface area contributed by atoms with Gasteiger partial charge in [-0.05, 0) is 35.9 Å². The highest BCUT2D eigenvalue weighted by Gasteiger charge is 2.05. The lowest BCUT2D eigenvalue weighted by molar-refractivity contribution is 0.294. The second-order valence-corrected chi connectivity index (χ2v) is 4.32. The molecule has 0 saturated carbocycles. The molecule has 0 unspecified atom stereocenters. The molecule has 21 heavy (non-hydrogen) atoms. The van der Waals surface area contributed by atoms with Crippen LogP contribution in [0.25, 0.3) is 0 Å². The van der Waals surface area contributed by atoms with Crippen LogP contribution in [0, 0.1) is 0 Å². The van der Waals surface area contributed by atoms with Crippen LogP contribution in [0.3, 0.4) is 0 Å². The summed E-state index contributed by atoms with van der Waals surface area (Å²) in [6.45, 7) is 0.378. The molecule has 0 fully saturated rings. The fraction of sp³-hybridized carbons (Fsp3) is 0.188. The Morgan fingerprint density at radius 3 is 2.57 bits per heavy atom. The zero-order chi connectivity index (χ0) is 15.1. The fourth-order valence-electron chi connectivity index (χ4n) is 1.93. The molecule has 0 aromatic heterocycles. The van der Waals surface area contributed by atoms with E-state index in [1.807, 2.05) is 42.5 Å². The van der Waals surface area contributed by atoms with Gasteiger partial charge in [-0.25, -0.2) is 0 Å². The molecule has 0 radical (unpaired) electrons. The van der Waals surface area contributed by atoms with Crippen molar-refractivity contribution < 1.29 is 14.2 Å². The lowest BCUT2D eigenvalue weighted by Gasteiger charge is -2.11. The van der Waals surface area contributed by atoms with Crippen LogP contribution in [0.15, 0.2) is 47.6 Å². The number of nitrogens with zero attached hydrogens (tertiary/aromatic N) is 1. The monoisotopic (exact) mass is 286 g/mol. The van der Waals surface area contributed by atoms with Crippen LogP contribution in [-0.4, -0.2) is 20.4 Å². The molecule has 110 valence electrons. The van der Waals surface area contributed by atoms with Crippen LogP contribution in [0.4, 0.5) is 0 Å². The molecule has 0 bridgehead atoms. The number of ether oxygens (including phenoxy) is 3. The highest BCUT2D eigenvalue weighted by atomic mass is 16.5. The molecule has 5 nitrogen and oxygen atoms in total. The third kappa shape index (κ3) is 3.89. The van der Waals surface area contributed by atoms with Gasteiger partial charge in [0.05, 0.1) is 20.4 Å². The first kappa shape index (κ1) is 14.7. The Labute approximate surface area is 123 Å². The second-order valence-electron chi connectivity index (χ2n) is 4.32. The Morgan fingerprint density at radius 1 is 1.05 bits per heavy atom. The smallest absolute Gasteiger partial charge is 0.125 e. The van der Waals surface area contributed by atoms with Gasteiger partial charge in [-0.2, -0.15) is 5.10 Å². The summed E-state index contributed by atoms with van der Waals surface area (Å²) in [4.78, 5) is 0. The molecule has 0 heterocycles. The zero-order valence-electron chi connectivity index (χ0n) is 12.1. The third-order valence-corrected chi connectivity index (χ3v) is 2.96. The maximum absolute atomic E-state index is 5.77. The summed E-state index contributed by atoms with van der Waals surface area (Å²) in [6, 6.07) is 13.1. The summed E-state index contributed by atoms with van der Waals surface area (Å²) in [5, 5.41) is 3.52. The van der Waals surface area contributed by atoms with Crippen LogP contribution in [0.1, 0.15) is 11.1 Å². The van der Waals surface area contributed by atoms with Crippen LogP contribution >= 0.6 is 0 Å². The van der Waals surface area contributed by atoms with Crippen molar-refractivity contribution in [3.05, 3.63) is 53.6 Å². The van der Waals surface area contributed by atoms with Crippen molar-refractivity contribution in [3.8, 4) is 17.2 Å². The van der Waals surface area contributed by atoms with Gasteiger partial charge in [0.15, 0.2) is 0 Å². The van der Waals surface area contributed by atoms with Gasteiger partial charge in [-0.1, -0.05) is 6.07 Å². The molecule has 0 spiro atoms. The number of rotatable bonds is 6. The van der Waals surface area contributed by atoms with Gasteiger partial charge < -0.3 is 20.1 Å². The lowest BCUT2D eigenvalue weighted by atomic mass is 10.1. The van der Waals surface area contributed by atoms with Crippen molar-refractivity contribution in [3.63, 3.8) is 0 Å². The minimum absolute atomic E-state index is 0.378. The predicted octanol–water partition coefficient (Wildman–Crippen LogP) is 2.58. The normalized spacial score (nSPS) is 10.6. The number of benzene rings is 2. The average Bonchev–Trinajstić information content (AvgIpc) is 2.53. The highest BCUT2D eigenvalue weighted by molar-refractivity contribution is 5.80. The van der Waals surface area contributed by atoms with E-state index in [1.54, 1.807) is 20.4 Å². The molecule has 0 atom stereocenters. The first-order valence-corrected chi connectivity index (χ1v) is 6.44. The molecule has 0 aliphatic carbocycles. The van der Waals surface area contributed by atoms with Crippen LogP contribution in [0.5, 0.6) is 17.2 Å². The van der Waals surface area contributed by atoms with E-state index >= 15 is 0 Å². The van der Waals surface area contributed by atoms with Crippen LogP contribution in [0.2, 0.25) is 0 Å². The number of hydrogen-bond acceptors (Lipinski definition) is 5. The predicted molar refractivity (Wildman–Crippen MR) is 82.1 cm³/mol. The zero-order valence-corrected chi connectivity index (χ0v) is 12.1. The van der Waals surface area contributed by atoms with E-state index in [9.17, 15) is 0 Å². The summed E-state index contributed by atoms with van der Waals surface area (Å²) in [5.41, 5.74) is 1.81. The number of methoxy groups -OCH3 is 2. The van der Waals surface area contributed by atoms with Gasteiger partial charge in [0.25, 0.3) is 0 Å². The minimum atomic E-state index is 0.378. The molecule has 0 amide bonds. The largest absolute Gasteiger partial charge is 0.497 e. The maximum Gasteiger partial charge on any atom is 0.125 e. The molecule has 0 aliphatic heterocycles. The number of hydrogen-bond donors (Lipinski definition) is 1. The Bertz CT molecular complexity index is 627. The van der Waals surface area contributed by atoms with E-state index in [4.69, 9.17) is 20.1 Å². The summed E-state index contributed by atoms with van der Waals surface area (Å²) in [5.74, 6) is 7.41. The van der Waals surface area contributed by atoms with Crippen molar-refractivity contribution in [1.82, 2.24) is 0 Å². The second kappa shape index (κ2) is 7.19. The van der Waals surface area contributed by atoms with Crippen molar-refractivity contribution in [2.75, 3.05) is 14.2 Å². The van der Waals surface area contributed by atoms with E-state index in [1.165, 1.54) is 0 Å². The van der Waals surface area contributed by atoms with Crippen molar-refractivity contribution in [1.29, 1.82) is 0 Å². The van der Waals surface area contributed by atoms with Crippen LogP contribution in [-0.2, 0) is 6.61 Å². The summed E-state index contributed by atoms with van der Waals surface area (Å²) >= 11 is 0. The Kier molecular flexibility index (Phi) is 5.04. The van der Waals surface area contributed by atoms with Gasteiger partial charge >= 0.3 is 0 Å². The Morgan fingerprint density at radius 2 is 1.86 bits per heavy atom. The Balaban J connectivity index is 2.15. The van der Waals surface area contributed by atoms with E-state index < -0.39 is 0 Å². The van der Waals surface area contributed by atoms with E-state index in [0.29, 0.717) is 6.61 Å². The van der Waals surface area contributed by atoms with Crippen molar-refractivity contribution in [2.24, 2.45) is 10.9 Å². The lowest BCUT2D eigenvalue weighted by Crippen LogP contribution is -2.00. The fourth-order valence-corrected chi connectivity index (χ4v) is 1.93.